The minimum atomic E-state index is -0.194. The Morgan fingerprint density at radius 2 is 1.89 bits per heavy atom. The van der Waals surface area contributed by atoms with Crippen LogP contribution in [0.25, 0.3) is 0 Å². The maximum Gasteiger partial charge on any atom is 0.276 e. The molecule has 3 rings (SSSR count). The van der Waals surface area contributed by atoms with E-state index in [0.717, 1.165) is 0 Å². The van der Waals surface area contributed by atoms with E-state index in [2.05, 4.69) is 5.16 Å². The van der Waals surface area contributed by atoms with Gasteiger partial charge < -0.3 is 23.6 Å². The monoisotopic (exact) mass is 388 g/mol. The van der Waals surface area contributed by atoms with E-state index in [1.165, 1.54) is 14.0 Å². The summed E-state index contributed by atoms with van der Waals surface area (Å²) in [6.07, 6.45) is -0.0410. The molecular weight excluding hydrogens is 364 g/mol. The standard InChI is InChI=1S/C20H24N2O6/c1-12-9-22(10-13(2)27-12)20(24)17-8-16(28-21-17)11-26-18-6-5-15(14(3)23)7-19(18)25-4/h5-8,12-13H,9-11H2,1-4H3/t12-,13+. The largest absolute Gasteiger partial charge is 0.493 e. The van der Waals surface area contributed by atoms with Gasteiger partial charge in [-0.2, -0.15) is 0 Å². The summed E-state index contributed by atoms with van der Waals surface area (Å²) in [4.78, 5) is 25.8. The van der Waals surface area contributed by atoms with Crippen LogP contribution in [0.15, 0.2) is 28.8 Å². The molecule has 0 saturated carbocycles. The number of methoxy groups -OCH3 is 1. The highest BCUT2D eigenvalue weighted by Crippen LogP contribution is 2.29. The predicted octanol–water partition coefficient (Wildman–Crippen LogP) is 2.71. The first kappa shape index (κ1) is 19.9. The quantitative estimate of drug-likeness (QED) is 0.703. The second-order valence-corrected chi connectivity index (χ2v) is 6.86. The highest BCUT2D eigenvalue weighted by Gasteiger charge is 2.28. The molecule has 1 aromatic heterocycles. The Hall–Kier alpha value is -2.87. The van der Waals surface area contributed by atoms with Crippen molar-refractivity contribution < 1.29 is 28.3 Å². The average Bonchev–Trinajstić information content (AvgIpc) is 3.13. The van der Waals surface area contributed by atoms with Crippen molar-refractivity contribution in [3.05, 3.63) is 41.3 Å². The molecule has 2 atom stereocenters. The van der Waals surface area contributed by atoms with E-state index in [0.29, 0.717) is 35.9 Å². The van der Waals surface area contributed by atoms with Gasteiger partial charge in [0.2, 0.25) is 0 Å². The average molecular weight is 388 g/mol. The number of Topliss-reactive ketones (excluding diaryl/α,β-unsaturated/α-hetero) is 1. The molecule has 0 bridgehead atoms. The zero-order valence-corrected chi connectivity index (χ0v) is 16.4. The van der Waals surface area contributed by atoms with Crippen LogP contribution in [0.3, 0.4) is 0 Å². The summed E-state index contributed by atoms with van der Waals surface area (Å²) in [5.41, 5.74) is 0.768. The van der Waals surface area contributed by atoms with Gasteiger partial charge in [0, 0.05) is 24.7 Å². The third kappa shape index (κ3) is 4.51. The van der Waals surface area contributed by atoms with Gasteiger partial charge in [-0.05, 0) is 39.0 Å². The maximum atomic E-state index is 12.6. The Kier molecular flexibility index (Phi) is 5.99. The first-order chi connectivity index (χ1) is 13.4. The lowest BCUT2D eigenvalue weighted by molar-refractivity contribution is -0.0588. The van der Waals surface area contributed by atoms with Crippen molar-refractivity contribution in [1.82, 2.24) is 10.1 Å². The number of hydrogen-bond donors (Lipinski definition) is 0. The molecular formula is C20H24N2O6. The molecule has 2 aromatic rings. The third-order valence-electron chi connectivity index (χ3n) is 4.42. The molecule has 2 heterocycles. The lowest BCUT2D eigenvalue weighted by Gasteiger charge is -2.34. The van der Waals surface area contributed by atoms with Crippen LogP contribution in [0.2, 0.25) is 0 Å². The van der Waals surface area contributed by atoms with Gasteiger partial charge in [-0.3, -0.25) is 9.59 Å². The fourth-order valence-corrected chi connectivity index (χ4v) is 3.14. The van der Waals surface area contributed by atoms with E-state index in [1.54, 1.807) is 29.2 Å². The molecule has 1 aliphatic heterocycles. The lowest BCUT2D eigenvalue weighted by atomic mass is 10.1. The summed E-state index contributed by atoms with van der Waals surface area (Å²) in [5.74, 6) is 1.07. The van der Waals surface area contributed by atoms with Crippen LogP contribution in [0.4, 0.5) is 0 Å². The number of benzene rings is 1. The van der Waals surface area contributed by atoms with Gasteiger partial charge in [0.05, 0.1) is 19.3 Å². The van der Waals surface area contributed by atoms with Gasteiger partial charge in [-0.25, -0.2) is 0 Å². The Bertz CT molecular complexity index is 852. The van der Waals surface area contributed by atoms with Crippen LogP contribution in [-0.4, -0.2) is 54.2 Å². The molecule has 150 valence electrons. The molecule has 1 aromatic carbocycles. The third-order valence-corrected chi connectivity index (χ3v) is 4.42. The number of morpholine rings is 1. The van der Waals surface area contributed by atoms with Crippen molar-refractivity contribution in [2.45, 2.75) is 39.6 Å². The molecule has 0 unspecified atom stereocenters. The van der Waals surface area contributed by atoms with E-state index in [-0.39, 0.29) is 36.2 Å². The number of nitrogens with zero attached hydrogens (tertiary/aromatic N) is 2. The first-order valence-electron chi connectivity index (χ1n) is 9.09. The van der Waals surface area contributed by atoms with Crippen molar-refractivity contribution in [2.24, 2.45) is 0 Å². The zero-order valence-electron chi connectivity index (χ0n) is 16.4. The van der Waals surface area contributed by atoms with E-state index >= 15 is 0 Å². The molecule has 28 heavy (non-hydrogen) atoms. The van der Waals surface area contributed by atoms with Crippen molar-refractivity contribution in [2.75, 3.05) is 20.2 Å². The van der Waals surface area contributed by atoms with Crippen LogP contribution in [0, 0.1) is 0 Å². The van der Waals surface area contributed by atoms with Crippen LogP contribution in [-0.2, 0) is 11.3 Å². The van der Waals surface area contributed by atoms with Gasteiger partial charge >= 0.3 is 0 Å². The van der Waals surface area contributed by atoms with E-state index in [4.69, 9.17) is 18.7 Å². The summed E-state index contributed by atoms with van der Waals surface area (Å²) in [6, 6.07) is 6.52. The van der Waals surface area contributed by atoms with Gasteiger partial charge in [0.25, 0.3) is 5.91 Å². The van der Waals surface area contributed by atoms with Gasteiger partial charge in [-0.1, -0.05) is 5.16 Å². The highest BCUT2D eigenvalue weighted by atomic mass is 16.5. The van der Waals surface area contributed by atoms with E-state index < -0.39 is 0 Å². The van der Waals surface area contributed by atoms with Crippen molar-refractivity contribution in [1.29, 1.82) is 0 Å². The molecule has 1 saturated heterocycles. The van der Waals surface area contributed by atoms with Crippen LogP contribution in [0.5, 0.6) is 11.5 Å². The summed E-state index contributed by atoms with van der Waals surface area (Å²) >= 11 is 0. The van der Waals surface area contributed by atoms with E-state index in [1.807, 2.05) is 13.8 Å². The smallest absolute Gasteiger partial charge is 0.276 e. The highest BCUT2D eigenvalue weighted by molar-refractivity contribution is 5.94. The molecule has 0 radical (unpaired) electrons. The van der Waals surface area contributed by atoms with Gasteiger partial charge in [-0.15, -0.1) is 0 Å². The molecule has 1 amide bonds. The van der Waals surface area contributed by atoms with Crippen LogP contribution in [0.1, 0.15) is 47.4 Å². The fourth-order valence-electron chi connectivity index (χ4n) is 3.14. The Labute approximate surface area is 163 Å². The second-order valence-electron chi connectivity index (χ2n) is 6.86. The molecule has 0 aliphatic carbocycles. The summed E-state index contributed by atoms with van der Waals surface area (Å²) < 4.78 is 21.9. The number of ketones is 1. The Balaban J connectivity index is 1.65. The number of hydrogen-bond acceptors (Lipinski definition) is 7. The number of carbonyl (C=O) groups is 2. The summed E-state index contributed by atoms with van der Waals surface area (Å²) in [5, 5.41) is 3.87. The van der Waals surface area contributed by atoms with Crippen molar-refractivity contribution in [3.63, 3.8) is 0 Å². The fraction of sp³-hybridized carbons (Fsp3) is 0.450. The first-order valence-corrected chi connectivity index (χ1v) is 9.09. The minimum Gasteiger partial charge on any atom is -0.493 e. The Morgan fingerprint density at radius 1 is 1.18 bits per heavy atom. The number of amides is 1. The zero-order chi connectivity index (χ0) is 20.3. The van der Waals surface area contributed by atoms with Crippen LogP contribution >= 0.6 is 0 Å². The molecule has 8 nitrogen and oxygen atoms in total. The van der Waals surface area contributed by atoms with Crippen LogP contribution < -0.4 is 9.47 Å². The number of aromatic nitrogens is 1. The normalized spacial score (nSPS) is 19.4. The number of rotatable bonds is 6. The molecule has 8 heteroatoms. The van der Waals surface area contributed by atoms with Gasteiger partial charge in [0.1, 0.15) is 6.61 Å². The molecule has 0 N–H and O–H groups in total. The van der Waals surface area contributed by atoms with Crippen molar-refractivity contribution >= 4 is 11.7 Å². The topological polar surface area (TPSA) is 91.1 Å². The predicted molar refractivity (Wildman–Crippen MR) is 99.7 cm³/mol. The molecule has 1 fully saturated rings. The Morgan fingerprint density at radius 3 is 2.54 bits per heavy atom. The van der Waals surface area contributed by atoms with Crippen molar-refractivity contribution in [3.8, 4) is 11.5 Å². The maximum absolute atomic E-state index is 12.6. The number of carbonyl (C=O) groups excluding carboxylic acids is 2. The SMILES string of the molecule is COc1cc(C(C)=O)ccc1OCc1cc(C(=O)N2C[C@@H](C)O[C@@H](C)C2)no1. The minimum absolute atomic E-state index is 0.0205. The summed E-state index contributed by atoms with van der Waals surface area (Å²) in [6.45, 7) is 6.46. The molecule has 0 spiro atoms. The number of ether oxygens (including phenoxy) is 3. The lowest BCUT2D eigenvalue weighted by Crippen LogP contribution is -2.48. The second kappa shape index (κ2) is 8.43. The van der Waals surface area contributed by atoms with E-state index in [9.17, 15) is 9.59 Å². The molecule has 1 aliphatic rings. The summed E-state index contributed by atoms with van der Waals surface area (Å²) in [7, 11) is 1.50. The van der Waals surface area contributed by atoms with Gasteiger partial charge in [0.15, 0.2) is 28.7 Å².